The van der Waals surface area contributed by atoms with Crippen molar-refractivity contribution in [3.8, 4) is 11.8 Å². The van der Waals surface area contributed by atoms with Gasteiger partial charge in [0.25, 0.3) is 10.0 Å². The molecule has 1 heterocycles. The maximum atomic E-state index is 13.3. The number of amides is 2. The smallest absolute Gasteiger partial charge is 0.339 e. The van der Waals surface area contributed by atoms with Crippen molar-refractivity contribution in [2.45, 2.75) is 11.6 Å². The van der Waals surface area contributed by atoms with Crippen molar-refractivity contribution in [3.05, 3.63) is 35.4 Å². The standard InChI is InChI=1S/C16H17FN4O7S/c1-26-11-7-12(27-2)19-15(18-11)20-16(23)21-29(24,25)13-9(8-17)5-4-6-10(13)14(22)28-3/h4-7H,8H2,1-3H3,(H2,18,19,20,21,23). The number of nitrogens with zero attached hydrogens (tertiary/aromatic N) is 2. The normalized spacial score (nSPS) is 10.8. The van der Waals surface area contributed by atoms with E-state index in [0.29, 0.717) is 0 Å². The van der Waals surface area contributed by atoms with Crippen molar-refractivity contribution in [1.82, 2.24) is 14.7 Å². The lowest BCUT2D eigenvalue weighted by atomic mass is 10.1. The number of hydrogen-bond acceptors (Lipinski definition) is 9. The molecule has 1 aromatic carbocycles. The SMILES string of the molecule is COC(=O)c1cccc(CF)c1S(=O)(=O)NC(=O)Nc1nc(OC)cc(OC)n1. The molecule has 0 spiro atoms. The first-order chi connectivity index (χ1) is 13.7. The Kier molecular flexibility index (Phi) is 6.88. The molecule has 0 saturated carbocycles. The lowest BCUT2D eigenvalue weighted by Crippen LogP contribution is -2.36. The number of methoxy groups -OCH3 is 3. The van der Waals surface area contributed by atoms with E-state index in [1.54, 1.807) is 4.72 Å². The van der Waals surface area contributed by atoms with Gasteiger partial charge in [0, 0.05) is 5.56 Å². The number of urea groups is 1. The maximum absolute atomic E-state index is 13.3. The van der Waals surface area contributed by atoms with Crippen molar-refractivity contribution in [3.63, 3.8) is 0 Å². The van der Waals surface area contributed by atoms with Crippen LogP contribution in [0.15, 0.2) is 29.2 Å². The average molecular weight is 428 g/mol. The van der Waals surface area contributed by atoms with E-state index in [0.717, 1.165) is 19.2 Å². The van der Waals surface area contributed by atoms with Gasteiger partial charge in [-0.2, -0.15) is 9.97 Å². The molecule has 0 atom stereocenters. The van der Waals surface area contributed by atoms with E-state index in [-0.39, 0.29) is 23.3 Å². The first kappa shape index (κ1) is 21.8. The van der Waals surface area contributed by atoms with Crippen LogP contribution < -0.4 is 19.5 Å². The van der Waals surface area contributed by atoms with Gasteiger partial charge in [-0.15, -0.1) is 0 Å². The van der Waals surface area contributed by atoms with Crippen molar-refractivity contribution >= 4 is 28.0 Å². The molecular formula is C16H17FN4O7S. The average Bonchev–Trinajstić information content (AvgIpc) is 2.71. The fourth-order valence-corrected chi connectivity index (χ4v) is 3.55. The van der Waals surface area contributed by atoms with Crippen LogP contribution in [-0.2, 0) is 21.4 Å². The fraction of sp³-hybridized carbons (Fsp3) is 0.250. The van der Waals surface area contributed by atoms with Gasteiger partial charge in [-0.3, -0.25) is 5.32 Å². The van der Waals surface area contributed by atoms with E-state index in [1.807, 2.05) is 0 Å². The number of alkyl halides is 1. The summed E-state index contributed by atoms with van der Waals surface area (Å²) in [6, 6.07) is 3.66. The van der Waals surface area contributed by atoms with E-state index in [1.165, 1.54) is 26.4 Å². The molecular weight excluding hydrogens is 411 g/mol. The second-order valence-corrected chi connectivity index (χ2v) is 6.87. The van der Waals surface area contributed by atoms with Crippen molar-refractivity contribution in [1.29, 1.82) is 0 Å². The second-order valence-electron chi connectivity index (χ2n) is 5.25. The number of rotatable bonds is 7. The number of carbonyl (C=O) groups is 2. The highest BCUT2D eigenvalue weighted by Crippen LogP contribution is 2.23. The van der Waals surface area contributed by atoms with Crippen molar-refractivity contribution < 1.29 is 36.6 Å². The van der Waals surface area contributed by atoms with Crippen molar-refractivity contribution in [2.75, 3.05) is 26.6 Å². The van der Waals surface area contributed by atoms with Crippen LogP contribution in [0.5, 0.6) is 11.8 Å². The highest BCUT2D eigenvalue weighted by molar-refractivity contribution is 7.90. The number of halogens is 1. The first-order valence-corrected chi connectivity index (χ1v) is 9.31. The zero-order chi connectivity index (χ0) is 21.6. The Bertz CT molecular complexity index is 1010. The van der Waals surface area contributed by atoms with Gasteiger partial charge in [0.1, 0.15) is 11.6 Å². The van der Waals surface area contributed by atoms with Gasteiger partial charge < -0.3 is 14.2 Å². The second kappa shape index (κ2) is 9.14. The van der Waals surface area contributed by atoms with Crippen molar-refractivity contribution in [2.24, 2.45) is 0 Å². The molecule has 2 aromatic rings. The Balaban J connectivity index is 2.35. The Morgan fingerprint density at radius 3 is 2.24 bits per heavy atom. The third kappa shape index (κ3) is 5.07. The summed E-state index contributed by atoms with van der Waals surface area (Å²) in [5.74, 6) is -1.24. The Labute approximate surface area is 165 Å². The number of ether oxygens (including phenoxy) is 3. The van der Waals surface area contributed by atoms with Crippen LogP contribution in [0.2, 0.25) is 0 Å². The number of benzene rings is 1. The number of sulfonamides is 1. The molecule has 11 nitrogen and oxygen atoms in total. The molecule has 156 valence electrons. The lowest BCUT2D eigenvalue weighted by Gasteiger charge is -2.14. The Morgan fingerprint density at radius 2 is 1.72 bits per heavy atom. The zero-order valence-electron chi connectivity index (χ0n) is 15.6. The van der Waals surface area contributed by atoms with E-state index >= 15 is 0 Å². The molecule has 0 bridgehead atoms. The fourth-order valence-electron chi connectivity index (χ4n) is 2.25. The van der Waals surface area contributed by atoms with Crippen LogP contribution >= 0.6 is 0 Å². The summed E-state index contributed by atoms with van der Waals surface area (Å²) >= 11 is 0. The number of anilines is 1. The molecule has 0 fully saturated rings. The predicted octanol–water partition coefficient (Wildman–Crippen LogP) is 1.26. The molecule has 29 heavy (non-hydrogen) atoms. The summed E-state index contributed by atoms with van der Waals surface area (Å²) in [7, 11) is -0.989. The first-order valence-electron chi connectivity index (χ1n) is 7.82. The number of hydrogen-bond donors (Lipinski definition) is 2. The summed E-state index contributed by atoms with van der Waals surface area (Å²) < 4.78 is 54.7. The lowest BCUT2D eigenvalue weighted by molar-refractivity contribution is 0.0596. The van der Waals surface area contributed by atoms with E-state index in [4.69, 9.17) is 9.47 Å². The molecule has 2 rings (SSSR count). The minimum absolute atomic E-state index is 0.0470. The number of carbonyl (C=O) groups excluding carboxylic acids is 2. The third-order valence-electron chi connectivity index (χ3n) is 3.46. The van der Waals surface area contributed by atoms with Gasteiger partial charge in [-0.25, -0.2) is 27.1 Å². The molecule has 0 unspecified atom stereocenters. The molecule has 0 radical (unpaired) electrons. The minimum atomic E-state index is -4.66. The number of nitrogens with one attached hydrogen (secondary N) is 2. The van der Waals surface area contributed by atoms with Crippen LogP contribution in [0.25, 0.3) is 0 Å². The predicted molar refractivity (Wildman–Crippen MR) is 97.1 cm³/mol. The van der Waals surface area contributed by atoms with Gasteiger partial charge in [0.15, 0.2) is 0 Å². The van der Waals surface area contributed by atoms with Crippen LogP contribution in [-0.4, -0.2) is 51.7 Å². The number of aromatic nitrogens is 2. The molecule has 0 aliphatic carbocycles. The molecule has 0 aliphatic heterocycles. The summed E-state index contributed by atoms with van der Waals surface area (Å²) in [5, 5.41) is 2.10. The monoisotopic (exact) mass is 428 g/mol. The van der Waals surface area contributed by atoms with E-state index in [9.17, 15) is 22.4 Å². The van der Waals surface area contributed by atoms with E-state index < -0.39 is 39.2 Å². The van der Waals surface area contributed by atoms with Gasteiger partial charge in [0.05, 0.1) is 33.0 Å². The summed E-state index contributed by atoms with van der Waals surface area (Å²) in [6.45, 7) is -1.20. The summed E-state index contributed by atoms with van der Waals surface area (Å²) in [6.07, 6.45) is 0. The Hall–Kier alpha value is -3.48. The quantitative estimate of drug-likeness (QED) is 0.622. The molecule has 2 N–H and O–H groups in total. The van der Waals surface area contributed by atoms with E-state index in [2.05, 4.69) is 20.0 Å². The van der Waals surface area contributed by atoms with Gasteiger partial charge in [0.2, 0.25) is 17.7 Å². The minimum Gasteiger partial charge on any atom is -0.481 e. The highest BCUT2D eigenvalue weighted by atomic mass is 32.2. The largest absolute Gasteiger partial charge is 0.481 e. The van der Waals surface area contributed by atoms with Gasteiger partial charge in [-0.05, 0) is 6.07 Å². The van der Waals surface area contributed by atoms with Crippen LogP contribution in [0, 0.1) is 0 Å². The summed E-state index contributed by atoms with van der Waals surface area (Å²) in [5.41, 5.74) is -0.755. The zero-order valence-corrected chi connectivity index (χ0v) is 16.4. The van der Waals surface area contributed by atoms with Gasteiger partial charge >= 0.3 is 12.0 Å². The van der Waals surface area contributed by atoms with Gasteiger partial charge in [-0.1, -0.05) is 12.1 Å². The van der Waals surface area contributed by atoms with Crippen LogP contribution in [0.4, 0.5) is 15.1 Å². The Morgan fingerprint density at radius 1 is 1.10 bits per heavy atom. The molecule has 0 aliphatic rings. The van der Waals surface area contributed by atoms with Crippen LogP contribution in [0.3, 0.4) is 0 Å². The third-order valence-corrected chi connectivity index (χ3v) is 4.94. The molecule has 2 amide bonds. The summed E-state index contributed by atoms with van der Waals surface area (Å²) in [4.78, 5) is 31.0. The number of esters is 1. The molecule has 1 aromatic heterocycles. The topological polar surface area (TPSA) is 146 Å². The highest BCUT2D eigenvalue weighted by Gasteiger charge is 2.28. The molecule has 0 saturated heterocycles. The maximum Gasteiger partial charge on any atom is 0.339 e. The molecule has 13 heteroatoms. The van der Waals surface area contributed by atoms with Crippen LogP contribution in [0.1, 0.15) is 15.9 Å².